The van der Waals surface area contributed by atoms with Crippen molar-refractivity contribution in [3.05, 3.63) is 226 Å². The molecule has 2 saturated heterocycles. The minimum atomic E-state index is -1.31. The number of aliphatic hydroxyl groups excluding tert-OH is 1. The summed E-state index contributed by atoms with van der Waals surface area (Å²) in [6.45, 7) is 1.38. The summed E-state index contributed by atoms with van der Waals surface area (Å²) in [4.78, 5) is 3.22. The molecular weight excluding hydrogens is 851 g/mol. The van der Waals surface area contributed by atoms with E-state index in [-0.39, 0.29) is 46.2 Å². The van der Waals surface area contributed by atoms with Crippen molar-refractivity contribution in [2.24, 2.45) is 5.11 Å². The molecule has 13 nitrogen and oxygen atoms in total. The minimum absolute atomic E-state index is 0.0310. The van der Waals surface area contributed by atoms with Gasteiger partial charge in [-0.05, 0) is 38.9 Å². The Kier molecular flexibility index (Phi) is 18.1. The molecular formula is C54H57N3O10. The molecule has 0 amide bonds. The molecule has 0 radical (unpaired) electrons. The topological polar surface area (TPSA) is 152 Å². The number of rotatable bonds is 23. The van der Waals surface area contributed by atoms with Crippen molar-refractivity contribution in [3.63, 3.8) is 0 Å². The van der Waals surface area contributed by atoms with Gasteiger partial charge in [0.1, 0.15) is 42.7 Å². The Labute approximate surface area is 391 Å². The standard InChI is InChI=1S/C54H57N3O10/c55-57-56-47-50(62-34-42-25-13-4-14-26-42)48(58)45(37-59-31-39-19-7-1-8-20-39)65-53(47)67-52-51(63-35-43-27-15-5-16-28-43)49(61-33-41-23-11-3-12-24-41)46(38-60-32-40-21-9-2-10-22-40)66-54(52)64-36-44-29-17-6-18-30-44/h1-30,45-54,58H,31-38H2/t45-,46-,47-,48-,49-,50-,51+,52+,53+,54+/m1/s1. The summed E-state index contributed by atoms with van der Waals surface area (Å²) in [6.07, 6.45) is -9.20. The lowest BCUT2D eigenvalue weighted by molar-refractivity contribution is -0.367. The van der Waals surface area contributed by atoms with Gasteiger partial charge in [-0.1, -0.05) is 187 Å². The molecule has 0 spiro atoms. The van der Waals surface area contributed by atoms with Gasteiger partial charge in [0.2, 0.25) is 0 Å². The maximum absolute atomic E-state index is 12.0. The summed E-state index contributed by atoms with van der Waals surface area (Å²) in [6, 6.07) is 57.4. The highest BCUT2D eigenvalue weighted by molar-refractivity contribution is 5.18. The summed E-state index contributed by atoms with van der Waals surface area (Å²) in [5.74, 6) is 0. The molecule has 0 aliphatic carbocycles. The van der Waals surface area contributed by atoms with Crippen LogP contribution in [0.15, 0.2) is 187 Å². The number of nitrogens with zero attached hydrogens (tertiary/aromatic N) is 3. The smallest absolute Gasteiger partial charge is 0.187 e. The average molecular weight is 908 g/mol. The lowest BCUT2D eigenvalue weighted by Crippen LogP contribution is -2.65. The van der Waals surface area contributed by atoms with Crippen molar-refractivity contribution in [1.82, 2.24) is 0 Å². The lowest BCUT2D eigenvalue weighted by atomic mass is 9.95. The van der Waals surface area contributed by atoms with Gasteiger partial charge in [0, 0.05) is 4.91 Å². The third-order valence-corrected chi connectivity index (χ3v) is 11.6. The molecule has 1 N–H and O–H groups in total. The highest BCUT2D eigenvalue weighted by atomic mass is 16.8. The van der Waals surface area contributed by atoms with Crippen molar-refractivity contribution >= 4 is 0 Å². The van der Waals surface area contributed by atoms with Gasteiger partial charge in [-0.25, -0.2) is 0 Å². The highest BCUT2D eigenvalue weighted by Crippen LogP contribution is 2.36. The van der Waals surface area contributed by atoms with E-state index >= 15 is 0 Å². The van der Waals surface area contributed by atoms with E-state index in [0.29, 0.717) is 6.61 Å². The Morgan fingerprint density at radius 2 is 0.776 bits per heavy atom. The second-order valence-corrected chi connectivity index (χ2v) is 16.5. The fourth-order valence-corrected chi connectivity index (χ4v) is 8.15. The Morgan fingerprint density at radius 1 is 0.418 bits per heavy atom. The van der Waals surface area contributed by atoms with Gasteiger partial charge in [0.05, 0.1) is 59.0 Å². The van der Waals surface area contributed by atoms with E-state index < -0.39 is 61.3 Å². The molecule has 348 valence electrons. The van der Waals surface area contributed by atoms with Crippen LogP contribution >= 0.6 is 0 Å². The van der Waals surface area contributed by atoms with E-state index in [1.54, 1.807) is 0 Å². The van der Waals surface area contributed by atoms with Gasteiger partial charge < -0.3 is 47.7 Å². The van der Waals surface area contributed by atoms with E-state index in [9.17, 15) is 10.6 Å². The molecule has 6 aromatic rings. The van der Waals surface area contributed by atoms with E-state index in [1.807, 2.05) is 182 Å². The SMILES string of the molecule is [N-]=[N+]=N[C@H]1[C@H](O[C@@H]2[C@@H](OCc3ccccc3)O[C@H](COCc3ccccc3)[C@@H](OCc3ccccc3)[C@@H]2OCc2ccccc2)O[C@H](COCc2ccccc2)[C@@H](O)[C@@H]1OCc1ccccc1. The number of hydrogen-bond acceptors (Lipinski definition) is 11. The van der Waals surface area contributed by atoms with Crippen LogP contribution in [-0.4, -0.2) is 79.7 Å². The first-order chi connectivity index (χ1) is 33.1. The van der Waals surface area contributed by atoms with Crippen LogP contribution in [-0.2, 0) is 82.3 Å². The van der Waals surface area contributed by atoms with Gasteiger partial charge in [-0.15, -0.1) is 0 Å². The van der Waals surface area contributed by atoms with Gasteiger partial charge >= 0.3 is 0 Å². The maximum atomic E-state index is 12.0. The zero-order valence-corrected chi connectivity index (χ0v) is 37.2. The summed E-state index contributed by atoms with van der Waals surface area (Å²) >= 11 is 0. The lowest BCUT2D eigenvalue weighted by Gasteiger charge is -2.49. The highest BCUT2D eigenvalue weighted by Gasteiger charge is 2.53. The van der Waals surface area contributed by atoms with Gasteiger partial charge in [-0.2, -0.15) is 0 Å². The Hall–Kier alpha value is -5.77. The van der Waals surface area contributed by atoms with Crippen molar-refractivity contribution in [3.8, 4) is 0 Å². The number of ether oxygens (including phenoxy) is 9. The first kappa shape index (κ1) is 47.7. The molecule has 67 heavy (non-hydrogen) atoms. The molecule has 6 aromatic carbocycles. The molecule has 0 unspecified atom stereocenters. The van der Waals surface area contributed by atoms with Gasteiger partial charge in [0.25, 0.3) is 0 Å². The summed E-state index contributed by atoms with van der Waals surface area (Å²) in [7, 11) is 0. The molecule has 2 heterocycles. The van der Waals surface area contributed by atoms with Gasteiger partial charge in [0.15, 0.2) is 12.6 Å². The van der Waals surface area contributed by atoms with Crippen LogP contribution in [0.4, 0.5) is 0 Å². The molecule has 13 heteroatoms. The fraction of sp³-hybridized carbons (Fsp3) is 0.333. The van der Waals surface area contributed by atoms with E-state index in [4.69, 9.17) is 42.6 Å². The summed E-state index contributed by atoms with van der Waals surface area (Å²) in [5, 5.41) is 16.2. The van der Waals surface area contributed by atoms with Crippen LogP contribution in [0.25, 0.3) is 10.4 Å². The summed E-state index contributed by atoms with van der Waals surface area (Å²) in [5.41, 5.74) is 15.7. The normalized spacial score (nSPS) is 25.0. The third kappa shape index (κ3) is 13.9. The van der Waals surface area contributed by atoms with Crippen LogP contribution < -0.4 is 0 Å². The second-order valence-electron chi connectivity index (χ2n) is 16.5. The van der Waals surface area contributed by atoms with Crippen LogP contribution in [0.3, 0.4) is 0 Å². The number of azide groups is 1. The molecule has 0 saturated carbocycles. The average Bonchev–Trinajstić information content (AvgIpc) is 3.38. The predicted octanol–water partition coefficient (Wildman–Crippen LogP) is 9.27. The first-order valence-corrected chi connectivity index (χ1v) is 22.7. The Balaban J connectivity index is 1.15. The van der Waals surface area contributed by atoms with Crippen LogP contribution in [0, 0.1) is 0 Å². The zero-order chi connectivity index (χ0) is 45.9. The van der Waals surface area contributed by atoms with Crippen molar-refractivity contribution < 1.29 is 47.7 Å². The molecule has 2 fully saturated rings. The van der Waals surface area contributed by atoms with Crippen molar-refractivity contribution in [2.75, 3.05) is 13.2 Å². The first-order valence-electron chi connectivity index (χ1n) is 22.7. The van der Waals surface area contributed by atoms with Crippen molar-refractivity contribution in [2.45, 2.75) is 101 Å². The van der Waals surface area contributed by atoms with E-state index in [1.165, 1.54) is 0 Å². The van der Waals surface area contributed by atoms with Crippen LogP contribution in [0.2, 0.25) is 0 Å². The molecule has 8 rings (SSSR count). The second kappa shape index (κ2) is 25.4. The van der Waals surface area contributed by atoms with Crippen molar-refractivity contribution in [1.29, 1.82) is 0 Å². The number of aliphatic hydroxyl groups is 1. The molecule has 2 aliphatic rings. The monoisotopic (exact) mass is 907 g/mol. The molecule has 10 atom stereocenters. The molecule has 0 bridgehead atoms. The zero-order valence-electron chi connectivity index (χ0n) is 37.2. The largest absolute Gasteiger partial charge is 0.388 e. The molecule has 0 aromatic heterocycles. The quantitative estimate of drug-likeness (QED) is 0.0374. The van der Waals surface area contributed by atoms with Crippen LogP contribution in [0.1, 0.15) is 33.4 Å². The Bertz CT molecular complexity index is 2350. The number of benzene rings is 6. The van der Waals surface area contributed by atoms with E-state index in [0.717, 1.165) is 33.4 Å². The number of hydrogen-bond donors (Lipinski definition) is 1. The minimum Gasteiger partial charge on any atom is -0.388 e. The van der Waals surface area contributed by atoms with Crippen LogP contribution in [0.5, 0.6) is 0 Å². The summed E-state index contributed by atoms with van der Waals surface area (Å²) < 4.78 is 60.2. The van der Waals surface area contributed by atoms with Gasteiger partial charge in [-0.3, -0.25) is 0 Å². The maximum Gasteiger partial charge on any atom is 0.187 e. The Morgan fingerprint density at radius 3 is 1.21 bits per heavy atom. The predicted molar refractivity (Wildman–Crippen MR) is 250 cm³/mol. The molecule has 2 aliphatic heterocycles. The third-order valence-electron chi connectivity index (χ3n) is 11.6. The fourth-order valence-electron chi connectivity index (χ4n) is 8.15. The van der Waals surface area contributed by atoms with E-state index in [2.05, 4.69) is 10.0 Å².